The third kappa shape index (κ3) is 6.50. The first-order valence-electron chi connectivity index (χ1n) is 9.63. The minimum atomic E-state index is -0.0916. The van der Waals surface area contributed by atoms with Crippen molar-refractivity contribution in [3.8, 4) is 0 Å². The highest BCUT2D eigenvalue weighted by atomic mass is 32.2. The second-order valence-electron chi connectivity index (χ2n) is 7.03. The number of hydrogen-bond acceptors (Lipinski definition) is 4. The zero-order valence-electron chi connectivity index (χ0n) is 17.2. The number of likely N-dealkylation sites (N-methyl/N-ethyl adjacent to an activating group) is 1. The van der Waals surface area contributed by atoms with Gasteiger partial charge < -0.3 is 10.2 Å². The van der Waals surface area contributed by atoms with Crippen molar-refractivity contribution in [2.24, 2.45) is 0 Å². The first-order chi connectivity index (χ1) is 13.4. The molecule has 0 aliphatic carbocycles. The summed E-state index contributed by atoms with van der Waals surface area (Å²) in [5.41, 5.74) is 3.13. The fourth-order valence-electron chi connectivity index (χ4n) is 3.02. The van der Waals surface area contributed by atoms with Gasteiger partial charge in [-0.3, -0.25) is 9.59 Å². The lowest BCUT2D eigenvalue weighted by Gasteiger charge is -2.25. The van der Waals surface area contributed by atoms with Crippen LogP contribution in [0.1, 0.15) is 47.3 Å². The molecule has 0 heterocycles. The molecule has 0 aromatic heterocycles. The first-order valence-corrected chi connectivity index (χ1v) is 10.9. The average molecular weight is 399 g/mol. The van der Waals surface area contributed by atoms with Gasteiger partial charge in [0.2, 0.25) is 5.91 Å². The number of rotatable bonds is 10. The number of benzene rings is 2. The van der Waals surface area contributed by atoms with E-state index in [1.165, 1.54) is 11.1 Å². The molecule has 0 saturated heterocycles. The predicted octanol–water partition coefficient (Wildman–Crippen LogP) is 4.35. The van der Waals surface area contributed by atoms with E-state index in [2.05, 4.69) is 41.4 Å². The summed E-state index contributed by atoms with van der Waals surface area (Å²) < 4.78 is 0. The topological polar surface area (TPSA) is 49.4 Å². The monoisotopic (exact) mass is 398 g/mol. The van der Waals surface area contributed by atoms with Crippen LogP contribution in [0.3, 0.4) is 0 Å². The molecule has 0 saturated carbocycles. The number of hydrogen-bond donors (Lipinski definition) is 1. The van der Waals surface area contributed by atoms with Gasteiger partial charge in [-0.25, -0.2) is 0 Å². The molecule has 0 aliphatic heterocycles. The molecule has 1 atom stereocenters. The Labute approximate surface area is 172 Å². The number of carbonyl (C=O) groups is 2. The largest absolute Gasteiger partial charge is 0.354 e. The summed E-state index contributed by atoms with van der Waals surface area (Å²) in [5, 5.41) is 2.98. The molecule has 0 aliphatic rings. The molecule has 0 fully saturated rings. The van der Waals surface area contributed by atoms with Crippen molar-refractivity contribution in [3.63, 3.8) is 0 Å². The van der Waals surface area contributed by atoms with Crippen molar-refractivity contribution in [1.82, 2.24) is 10.2 Å². The summed E-state index contributed by atoms with van der Waals surface area (Å²) in [5.74, 6) is -0.0896. The number of amides is 1. The Morgan fingerprint density at radius 2 is 1.64 bits per heavy atom. The van der Waals surface area contributed by atoms with Crippen molar-refractivity contribution >= 4 is 23.5 Å². The molecular weight excluding hydrogens is 368 g/mol. The van der Waals surface area contributed by atoms with Crippen LogP contribution < -0.4 is 5.32 Å². The third-order valence-electron chi connectivity index (χ3n) is 4.88. The fourth-order valence-corrected chi connectivity index (χ4v) is 3.43. The molecule has 1 amide bonds. The molecule has 0 spiro atoms. The molecule has 2 aromatic rings. The number of nitrogens with one attached hydrogen (secondary N) is 1. The maximum absolute atomic E-state index is 12.3. The highest BCUT2D eigenvalue weighted by molar-refractivity contribution is 7.98. The van der Waals surface area contributed by atoms with Crippen LogP contribution in [0.4, 0.5) is 0 Å². The van der Waals surface area contributed by atoms with Crippen molar-refractivity contribution in [1.29, 1.82) is 0 Å². The fraction of sp³-hybridized carbons (Fsp3) is 0.391. The van der Waals surface area contributed by atoms with Crippen LogP contribution in [0.25, 0.3) is 0 Å². The molecule has 150 valence electrons. The van der Waals surface area contributed by atoms with Gasteiger partial charge in [0.05, 0.1) is 6.04 Å². The third-order valence-corrected chi connectivity index (χ3v) is 5.62. The molecule has 28 heavy (non-hydrogen) atoms. The molecule has 1 unspecified atom stereocenters. The van der Waals surface area contributed by atoms with Gasteiger partial charge in [-0.2, -0.15) is 0 Å². The minimum absolute atomic E-state index is 0.00196. The number of Topliss-reactive ketones (excluding diaryl/α,β-unsaturated/α-hetero) is 1. The minimum Gasteiger partial charge on any atom is -0.354 e. The zero-order valence-corrected chi connectivity index (χ0v) is 18.0. The van der Waals surface area contributed by atoms with Crippen LogP contribution in [0, 0.1) is 0 Å². The Hall–Kier alpha value is -2.11. The Morgan fingerprint density at radius 3 is 2.18 bits per heavy atom. The van der Waals surface area contributed by atoms with Crippen LogP contribution in [-0.4, -0.2) is 43.5 Å². The molecule has 0 bridgehead atoms. The highest BCUT2D eigenvalue weighted by Gasteiger charge is 2.16. The number of ketones is 1. The standard InChI is InChI=1S/C23H30N2O2S/c1-5-17-6-8-18(9-7-17)21(25(2)3)16-24-23(27)15-14-22(26)19-10-12-20(28-4)13-11-19/h6-13,21H,5,14-16H2,1-4H3,(H,24,27). The van der Waals surface area contributed by atoms with Gasteiger partial charge in [-0.15, -0.1) is 11.8 Å². The van der Waals surface area contributed by atoms with Gasteiger partial charge in [0.1, 0.15) is 0 Å². The van der Waals surface area contributed by atoms with Gasteiger partial charge in [-0.1, -0.05) is 43.3 Å². The van der Waals surface area contributed by atoms with Gasteiger partial charge in [0.15, 0.2) is 5.78 Å². The summed E-state index contributed by atoms with van der Waals surface area (Å²) >= 11 is 1.64. The summed E-state index contributed by atoms with van der Waals surface area (Å²) in [6.45, 7) is 2.66. The Bertz CT molecular complexity index is 770. The Kier molecular flexibility index (Phi) is 8.74. The second-order valence-corrected chi connectivity index (χ2v) is 7.91. The second kappa shape index (κ2) is 11.0. The average Bonchev–Trinajstić information content (AvgIpc) is 2.72. The Balaban J connectivity index is 1.85. The van der Waals surface area contributed by atoms with Gasteiger partial charge in [0, 0.05) is 29.8 Å². The van der Waals surface area contributed by atoms with E-state index in [9.17, 15) is 9.59 Å². The van der Waals surface area contributed by atoms with E-state index in [4.69, 9.17) is 0 Å². The highest BCUT2D eigenvalue weighted by Crippen LogP contribution is 2.19. The molecule has 4 nitrogen and oxygen atoms in total. The van der Waals surface area contributed by atoms with Crippen molar-refractivity contribution in [3.05, 3.63) is 65.2 Å². The molecule has 1 N–H and O–H groups in total. The number of thioether (sulfide) groups is 1. The summed E-state index contributed by atoms with van der Waals surface area (Å²) in [6.07, 6.45) is 3.44. The van der Waals surface area contributed by atoms with Gasteiger partial charge in [0.25, 0.3) is 0 Å². The van der Waals surface area contributed by atoms with Crippen LogP contribution in [0.15, 0.2) is 53.4 Å². The SMILES string of the molecule is CCc1ccc(C(CNC(=O)CCC(=O)c2ccc(SC)cc2)N(C)C)cc1. The lowest BCUT2D eigenvalue weighted by atomic mass is 10.0. The van der Waals surface area contributed by atoms with Crippen molar-refractivity contribution < 1.29 is 9.59 Å². The molecular formula is C23H30N2O2S. The summed E-state index contributed by atoms with van der Waals surface area (Å²) in [7, 11) is 4.01. The zero-order chi connectivity index (χ0) is 20.5. The van der Waals surface area contributed by atoms with E-state index in [-0.39, 0.29) is 30.6 Å². The van der Waals surface area contributed by atoms with Gasteiger partial charge in [-0.05, 0) is 50.0 Å². The number of nitrogens with zero attached hydrogens (tertiary/aromatic N) is 1. The molecule has 2 rings (SSSR count). The lowest BCUT2D eigenvalue weighted by molar-refractivity contribution is -0.121. The normalized spacial score (nSPS) is 12.0. The quantitative estimate of drug-likeness (QED) is 0.477. The van der Waals surface area contributed by atoms with Crippen LogP contribution in [-0.2, 0) is 11.2 Å². The maximum Gasteiger partial charge on any atom is 0.220 e. The van der Waals surface area contributed by atoms with E-state index >= 15 is 0 Å². The van der Waals surface area contributed by atoms with Crippen molar-refractivity contribution in [2.45, 2.75) is 37.1 Å². The van der Waals surface area contributed by atoms with Crippen LogP contribution in [0.2, 0.25) is 0 Å². The van der Waals surface area contributed by atoms with Crippen molar-refractivity contribution in [2.75, 3.05) is 26.9 Å². The van der Waals surface area contributed by atoms with E-state index < -0.39 is 0 Å². The van der Waals surface area contributed by atoms with Crippen LogP contribution in [0.5, 0.6) is 0 Å². The van der Waals surface area contributed by atoms with E-state index in [1.807, 2.05) is 44.6 Å². The summed E-state index contributed by atoms with van der Waals surface area (Å²) in [4.78, 5) is 27.8. The van der Waals surface area contributed by atoms with E-state index in [0.29, 0.717) is 12.1 Å². The Morgan fingerprint density at radius 1 is 1.00 bits per heavy atom. The smallest absolute Gasteiger partial charge is 0.220 e. The van der Waals surface area contributed by atoms with E-state index in [0.717, 1.165) is 11.3 Å². The van der Waals surface area contributed by atoms with E-state index in [1.54, 1.807) is 11.8 Å². The molecule has 5 heteroatoms. The lowest BCUT2D eigenvalue weighted by Crippen LogP contribution is -2.34. The maximum atomic E-state index is 12.3. The van der Waals surface area contributed by atoms with Gasteiger partial charge >= 0.3 is 0 Å². The molecule has 2 aromatic carbocycles. The number of aryl methyl sites for hydroxylation is 1. The summed E-state index contributed by atoms with van der Waals surface area (Å²) in [6, 6.07) is 16.1. The van der Waals surface area contributed by atoms with Crippen LogP contribution >= 0.6 is 11.8 Å². The molecule has 0 radical (unpaired) electrons. The number of carbonyl (C=O) groups excluding carboxylic acids is 2. The first kappa shape index (κ1) is 22.2. The predicted molar refractivity (Wildman–Crippen MR) is 117 cm³/mol.